The van der Waals surface area contributed by atoms with E-state index >= 15 is 0 Å². The van der Waals surface area contributed by atoms with E-state index in [0.29, 0.717) is 17.0 Å². The highest BCUT2D eigenvalue weighted by Gasteiger charge is 2.43. The Balaban J connectivity index is 1.70. The SMILES string of the molecule is N#Cc1cc2cccnc2nc1N1CCC2(O)CCCCC2C1. The van der Waals surface area contributed by atoms with Crippen molar-refractivity contribution in [2.24, 2.45) is 5.92 Å². The molecular formula is C18H20N4O. The smallest absolute Gasteiger partial charge is 0.161 e. The molecule has 2 aromatic heterocycles. The first kappa shape index (κ1) is 14.4. The zero-order chi connectivity index (χ0) is 15.9. The number of hydrogen-bond donors (Lipinski definition) is 1. The molecule has 5 heteroatoms. The Bertz CT molecular complexity index is 784. The second-order valence-electron chi connectivity index (χ2n) is 6.76. The number of aromatic nitrogens is 2. The lowest BCUT2D eigenvalue weighted by molar-refractivity contribution is -0.0613. The van der Waals surface area contributed by atoms with Gasteiger partial charge in [-0.3, -0.25) is 0 Å². The summed E-state index contributed by atoms with van der Waals surface area (Å²) < 4.78 is 0. The fraction of sp³-hybridized carbons (Fsp3) is 0.500. The second-order valence-corrected chi connectivity index (χ2v) is 6.76. The van der Waals surface area contributed by atoms with Gasteiger partial charge in [0, 0.05) is 30.6 Å². The van der Waals surface area contributed by atoms with Crippen molar-refractivity contribution in [3.05, 3.63) is 30.0 Å². The molecule has 2 atom stereocenters. The Morgan fingerprint density at radius 2 is 2.26 bits per heavy atom. The molecule has 4 rings (SSSR count). The summed E-state index contributed by atoms with van der Waals surface area (Å²) in [6, 6.07) is 7.92. The molecule has 2 fully saturated rings. The molecule has 2 unspecified atom stereocenters. The number of piperidine rings is 1. The van der Waals surface area contributed by atoms with Gasteiger partial charge in [0.15, 0.2) is 5.65 Å². The molecule has 0 aromatic carbocycles. The second kappa shape index (κ2) is 5.47. The van der Waals surface area contributed by atoms with Crippen molar-refractivity contribution in [1.82, 2.24) is 9.97 Å². The van der Waals surface area contributed by atoms with Gasteiger partial charge >= 0.3 is 0 Å². The third kappa shape index (κ3) is 2.43. The van der Waals surface area contributed by atoms with Gasteiger partial charge in [-0.2, -0.15) is 5.26 Å². The number of rotatable bonds is 1. The molecule has 1 saturated heterocycles. The minimum Gasteiger partial charge on any atom is -0.389 e. The maximum Gasteiger partial charge on any atom is 0.161 e. The lowest BCUT2D eigenvalue weighted by atomic mass is 9.71. The zero-order valence-electron chi connectivity index (χ0n) is 13.1. The number of aliphatic hydroxyl groups is 1. The molecule has 0 bridgehead atoms. The summed E-state index contributed by atoms with van der Waals surface area (Å²) in [5.41, 5.74) is 0.745. The minimum atomic E-state index is -0.517. The van der Waals surface area contributed by atoms with Crippen LogP contribution in [0.4, 0.5) is 5.82 Å². The lowest BCUT2D eigenvalue weighted by Crippen LogP contribution is -2.53. The fourth-order valence-electron chi connectivity index (χ4n) is 4.08. The van der Waals surface area contributed by atoms with E-state index in [0.717, 1.165) is 44.2 Å². The van der Waals surface area contributed by atoms with Crippen LogP contribution < -0.4 is 4.90 Å². The van der Waals surface area contributed by atoms with E-state index in [4.69, 9.17) is 0 Å². The minimum absolute atomic E-state index is 0.276. The van der Waals surface area contributed by atoms with Crippen LogP contribution in [0.5, 0.6) is 0 Å². The normalized spacial score (nSPS) is 27.5. The third-order valence-corrected chi connectivity index (χ3v) is 5.42. The van der Waals surface area contributed by atoms with Crippen LogP contribution in [0.15, 0.2) is 24.4 Å². The van der Waals surface area contributed by atoms with Crippen LogP contribution in [0.2, 0.25) is 0 Å². The molecule has 0 radical (unpaired) electrons. The van der Waals surface area contributed by atoms with Gasteiger partial charge in [0.2, 0.25) is 0 Å². The molecule has 2 aliphatic rings. The first-order chi connectivity index (χ1) is 11.2. The molecule has 2 aromatic rings. The average molecular weight is 308 g/mol. The Morgan fingerprint density at radius 1 is 1.35 bits per heavy atom. The van der Waals surface area contributed by atoms with E-state index in [-0.39, 0.29) is 5.92 Å². The van der Waals surface area contributed by atoms with Gasteiger partial charge in [0.05, 0.1) is 11.2 Å². The van der Waals surface area contributed by atoms with Crippen molar-refractivity contribution < 1.29 is 5.11 Å². The summed E-state index contributed by atoms with van der Waals surface area (Å²) in [6.45, 7) is 1.52. The van der Waals surface area contributed by atoms with Gasteiger partial charge in [-0.15, -0.1) is 0 Å². The molecule has 23 heavy (non-hydrogen) atoms. The highest BCUT2D eigenvalue weighted by molar-refractivity contribution is 5.79. The Labute approximate surface area is 135 Å². The Morgan fingerprint density at radius 3 is 3.13 bits per heavy atom. The first-order valence-electron chi connectivity index (χ1n) is 8.33. The highest BCUT2D eigenvalue weighted by atomic mass is 16.3. The predicted octanol–water partition coefficient (Wildman–Crippen LogP) is 2.63. The summed E-state index contributed by atoms with van der Waals surface area (Å²) >= 11 is 0. The van der Waals surface area contributed by atoms with Crippen molar-refractivity contribution in [2.45, 2.75) is 37.7 Å². The van der Waals surface area contributed by atoms with Crippen LogP contribution in [-0.4, -0.2) is 33.8 Å². The number of nitriles is 1. The van der Waals surface area contributed by atoms with Crippen LogP contribution >= 0.6 is 0 Å². The number of fused-ring (bicyclic) bond motifs is 2. The van der Waals surface area contributed by atoms with E-state index in [1.54, 1.807) is 6.20 Å². The molecule has 3 heterocycles. The van der Waals surface area contributed by atoms with Gasteiger partial charge < -0.3 is 10.0 Å². The van der Waals surface area contributed by atoms with E-state index in [9.17, 15) is 10.4 Å². The van der Waals surface area contributed by atoms with Gasteiger partial charge in [-0.1, -0.05) is 12.8 Å². The summed E-state index contributed by atoms with van der Waals surface area (Å²) in [6.07, 6.45) is 6.74. The van der Waals surface area contributed by atoms with Crippen LogP contribution in [0, 0.1) is 17.2 Å². The van der Waals surface area contributed by atoms with E-state index in [1.165, 1.54) is 6.42 Å². The average Bonchev–Trinajstić information content (AvgIpc) is 2.59. The molecule has 1 aliphatic carbocycles. The van der Waals surface area contributed by atoms with Crippen LogP contribution in [0.3, 0.4) is 0 Å². The van der Waals surface area contributed by atoms with Crippen molar-refractivity contribution in [3.8, 4) is 6.07 Å². The van der Waals surface area contributed by atoms with Gasteiger partial charge in [-0.25, -0.2) is 9.97 Å². The van der Waals surface area contributed by atoms with Crippen LogP contribution in [0.25, 0.3) is 11.0 Å². The summed E-state index contributed by atoms with van der Waals surface area (Å²) in [7, 11) is 0. The number of anilines is 1. The Kier molecular flexibility index (Phi) is 3.42. The highest BCUT2D eigenvalue weighted by Crippen LogP contribution is 2.41. The first-order valence-corrected chi connectivity index (χ1v) is 8.33. The summed E-state index contributed by atoms with van der Waals surface area (Å²) in [5, 5.41) is 21.2. The van der Waals surface area contributed by atoms with Gasteiger partial charge in [0.1, 0.15) is 11.9 Å². The molecule has 118 valence electrons. The largest absolute Gasteiger partial charge is 0.389 e. The molecule has 0 amide bonds. The van der Waals surface area contributed by atoms with E-state index in [2.05, 4.69) is 20.9 Å². The molecule has 5 nitrogen and oxygen atoms in total. The molecular weight excluding hydrogens is 288 g/mol. The van der Waals surface area contributed by atoms with Gasteiger partial charge in [0.25, 0.3) is 0 Å². The zero-order valence-corrected chi connectivity index (χ0v) is 13.1. The van der Waals surface area contributed by atoms with Crippen molar-refractivity contribution in [1.29, 1.82) is 5.26 Å². The lowest BCUT2D eigenvalue weighted by Gasteiger charge is -2.47. The standard InChI is InChI=1S/C18H20N4O/c19-11-14-10-13-4-3-8-20-16(13)21-17(14)22-9-7-18(23)6-2-1-5-15(18)12-22/h3-4,8,10,15,23H,1-2,5-7,9,12H2. The quantitative estimate of drug-likeness (QED) is 0.876. The van der Waals surface area contributed by atoms with E-state index < -0.39 is 5.60 Å². The monoisotopic (exact) mass is 308 g/mol. The maximum absolute atomic E-state index is 10.8. The number of nitrogens with zero attached hydrogens (tertiary/aromatic N) is 4. The summed E-state index contributed by atoms with van der Waals surface area (Å²) in [4.78, 5) is 11.1. The number of pyridine rings is 2. The Hall–Kier alpha value is -2.19. The molecule has 1 aliphatic heterocycles. The van der Waals surface area contributed by atoms with Crippen LogP contribution in [0.1, 0.15) is 37.7 Å². The molecule has 1 N–H and O–H groups in total. The third-order valence-electron chi connectivity index (χ3n) is 5.42. The maximum atomic E-state index is 10.8. The number of hydrogen-bond acceptors (Lipinski definition) is 5. The van der Waals surface area contributed by atoms with Crippen molar-refractivity contribution in [3.63, 3.8) is 0 Å². The topological polar surface area (TPSA) is 73.0 Å². The summed E-state index contributed by atoms with van der Waals surface area (Å²) in [5.74, 6) is 0.990. The molecule has 0 spiro atoms. The van der Waals surface area contributed by atoms with E-state index in [1.807, 2.05) is 18.2 Å². The predicted molar refractivity (Wildman–Crippen MR) is 88.0 cm³/mol. The van der Waals surface area contributed by atoms with Crippen LogP contribution in [-0.2, 0) is 0 Å². The van der Waals surface area contributed by atoms with Gasteiger partial charge in [-0.05, 0) is 37.5 Å². The van der Waals surface area contributed by atoms with Crippen molar-refractivity contribution >= 4 is 16.9 Å². The fourth-order valence-corrected chi connectivity index (χ4v) is 4.08. The molecule has 1 saturated carbocycles. The van der Waals surface area contributed by atoms with Crippen molar-refractivity contribution in [2.75, 3.05) is 18.0 Å².